The minimum Gasteiger partial charge on any atom is -0.481 e. The standard InChI is InChI=1S/C14H16F2O/c1-10-8-11(15)12(16)9-13(10)17-7-5-6-14(2,3)4/h8-9H,7H2,1-4H3. The van der Waals surface area contributed by atoms with Gasteiger partial charge >= 0.3 is 0 Å². The van der Waals surface area contributed by atoms with E-state index in [0.717, 1.165) is 12.1 Å². The molecule has 0 fully saturated rings. The van der Waals surface area contributed by atoms with Crippen LogP contribution < -0.4 is 4.74 Å². The number of halogens is 2. The lowest BCUT2D eigenvalue weighted by atomic mass is 9.98. The highest BCUT2D eigenvalue weighted by atomic mass is 19.2. The molecule has 0 spiro atoms. The van der Waals surface area contributed by atoms with E-state index in [-0.39, 0.29) is 12.0 Å². The summed E-state index contributed by atoms with van der Waals surface area (Å²) in [4.78, 5) is 0. The van der Waals surface area contributed by atoms with E-state index < -0.39 is 11.6 Å². The molecule has 0 unspecified atom stereocenters. The predicted molar refractivity (Wildman–Crippen MR) is 63.8 cm³/mol. The van der Waals surface area contributed by atoms with Gasteiger partial charge in [0.2, 0.25) is 0 Å². The lowest BCUT2D eigenvalue weighted by molar-refractivity contribution is 0.361. The van der Waals surface area contributed by atoms with Crippen molar-refractivity contribution in [1.29, 1.82) is 0 Å². The fraction of sp³-hybridized carbons (Fsp3) is 0.429. The van der Waals surface area contributed by atoms with Gasteiger partial charge in [-0.15, -0.1) is 0 Å². The van der Waals surface area contributed by atoms with Gasteiger partial charge in [-0.25, -0.2) is 8.78 Å². The van der Waals surface area contributed by atoms with E-state index >= 15 is 0 Å². The number of hydrogen-bond acceptors (Lipinski definition) is 1. The second kappa shape index (κ2) is 5.18. The van der Waals surface area contributed by atoms with E-state index in [4.69, 9.17) is 4.74 Å². The molecule has 0 saturated carbocycles. The van der Waals surface area contributed by atoms with Gasteiger partial charge in [0, 0.05) is 11.5 Å². The Kier molecular flexibility index (Phi) is 4.11. The first-order valence-corrected chi connectivity index (χ1v) is 5.38. The van der Waals surface area contributed by atoms with E-state index in [0.29, 0.717) is 11.3 Å². The zero-order chi connectivity index (χ0) is 13.1. The summed E-state index contributed by atoms with van der Waals surface area (Å²) in [6.07, 6.45) is 0. The van der Waals surface area contributed by atoms with Gasteiger partial charge in [-0.1, -0.05) is 11.8 Å². The van der Waals surface area contributed by atoms with E-state index in [1.165, 1.54) is 0 Å². The third-order valence-corrected chi connectivity index (χ3v) is 1.98. The van der Waals surface area contributed by atoms with E-state index in [2.05, 4.69) is 11.8 Å². The fourth-order valence-electron chi connectivity index (χ4n) is 1.20. The molecule has 0 atom stereocenters. The van der Waals surface area contributed by atoms with Gasteiger partial charge in [0.15, 0.2) is 11.6 Å². The van der Waals surface area contributed by atoms with Gasteiger partial charge in [-0.3, -0.25) is 0 Å². The topological polar surface area (TPSA) is 9.23 Å². The summed E-state index contributed by atoms with van der Waals surface area (Å²) in [7, 11) is 0. The lowest BCUT2D eigenvalue weighted by Gasteiger charge is -2.08. The van der Waals surface area contributed by atoms with Crippen LogP contribution in [-0.4, -0.2) is 6.61 Å². The third-order valence-electron chi connectivity index (χ3n) is 1.98. The average molecular weight is 238 g/mol. The van der Waals surface area contributed by atoms with Crippen LogP contribution in [0.15, 0.2) is 12.1 Å². The van der Waals surface area contributed by atoms with Gasteiger partial charge in [0.1, 0.15) is 12.4 Å². The van der Waals surface area contributed by atoms with Crippen LogP contribution in [0.2, 0.25) is 0 Å². The molecule has 92 valence electrons. The molecule has 0 aliphatic carbocycles. The van der Waals surface area contributed by atoms with Gasteiger partial charge in [-0.05, 0) is 39.3 Å². The molecule has 0 heterocycles. The Balaban J connectivity index is 2.70. The van der Waals surface area contributed by atoms with Crippen LogP contribution >= 0.6 is 0 Å². The second-order valence-corrected chi connectivity index (χ2v) is 4.87. The van der Waals surface area contributed by atoms with E-state index in [1.54, 1.807) is 6.92 Å². The highest BCUT2D eigenvalue weighted by Crippen LogP contribution is 2.21. The Morgan fingerprint density at radius 2 is 1.76 bits per heavy atom. The molecule has 0 aromatic heterocycles. The van der Waals surface area contributed by atoms with Crippen LogP contribution in [0.3, 0.4) is 0 Å². The van der Waals surface area contributed by atoms with Crippen LogP contribution in [0.5, 0.6) is 5.75 Å². The first-order chi connectivity index (χ1) is 7.79. The Morgan fingerprint density at radius 3 is 2.35 bits per heavy atom. The Bertz CT molecular complexity index is 462. The zero-order valence-electron chi connectivity index (χ0n) is 10.5. The van der Waals surface area contributed by atoms with Crippen molar-refractivity contribution in [3.63, 3.8) is 0 Å². The van der Waals surface area contributed by atoms with Crippen LogP contribution in [-0.2, 0) is 0 Å². The normalized spacial score (nSPS) is 10.7. The average Bonchev–Trinajstić information content (AvgIpc) is 2.18. The monoisotopic (exact) mass is 238 g/mol. The zero-order valence-corrected chi connectivity index (χ0v) is 10.5. The molecule has 1 rings (SSSR count). The minimum absolute atomic E-state index is 0.0908. The molecule has 1 aromatic rings. The van der Waals surface area contributed by atoms with Crippen molar-refractivity contribution in [2.45, 2.75) is 27.7 Å². The largest absolute Gasteiger partial charge is 0.481 e. The van der Waals surface area contributed by atoms with Crippen LogP contribution in [0, 0.1) is 35.8 Å². The number of benzene rings is 1. The highest BCUT2D eigenvalue weighted by Gasteiger charge is 2.07. The second-order valence-electron chi connectivity index (χ2n) is 4.87. The summed E-state index contributed by atoms with van der Waals surface area (Å²) < 4.78 is 31.1. The molecule has 1 aromatic carbocycles. The Labute approximate surface area is 101 Å². The van der Waals surface area contributed by atoms with E-state index in [1.807, 2.05) is 20.8 Å². The minimum atomic E-state index is -0.908. The van der Waals surface area contributed by atoms with Crippen LogP contribution in [0.25, 0.3) is 0 Å². The fourth-order valence-corrected chi connectivity index (χ4v) is 1.20. The quantitative estimate of drug-likeness (QED) is 0.714. The van der Waals surface area contributed by atoms with Crippen molar-refractivity contribution >= 4 is 0 Å². The van der Waals surface area contributed by atoms with Gasteiger partial charge in [-0.2, -0.15) is 0 Å². The molecule has 0 radical (unpaired) electrons. The number of aryl methyl sites for hydroxylation is 1. The van der Waals surface area contributed by atoms with Gasteiger partial charge < -0.3 is 4.74 Å². The van der Waals surface area contributed by atoms with Crippen LogP contribution in [0.1, 0.15) is 26.3 Å². The van der Waals surface area contributed by atoms with Crippen molar-refractivity contribution in [1.82, 2.24) is 0 Å². The SMILES string of the molecule is Cc1cc(F)c(F)cc1OCC#CC(C)(C)C. The summed E-state index contributed by atoms with van der Waals surface area (Å²) in [5.41, 5.74) is 0.466. The summed E-state index contributed by atoms with van der Waals surface area (Å²) in [5, 5.41) is 0. The summed E-state index contributed by atoms with van der Waals surface area (Å²) in [6.45, 7) is 7.80. The molecule has 0 amide bonds. The third kappa shape index (κ3) is 4.44. The van der Waals surface area contributed by atoms with Crippen molar-refractivity contribution in [2.75, 3.05) is 6.61 Å². The molecular weight excluding hydrogens is 222 g/mol. The van der Waals surface area contributed by atoms with Gasteiger partial charge in [0.05, 0.1) is 0 Å². The maximum absolute atomic E-state index is 13.0. The predicted octanol–water partition coefficient (Wildman–Crippen LogP) is 3.70. The van der Waals surface area contributed by atoms with Gasteiger partial charge in [0.25, 0.3) is 0 Å². The molecule has 0 saturated heterocycles. The maximum atomic E-state index is 13.0. The maximum Gasteiger partial charge on any atom is 0.162 e. The molecule has 0 bridgehead atoms. The molecule has 1 nitrogen and oxygen atoms in total. The first-order valence-electron chi connectivity index (χ1n) is 5.38. The molecule has 3 heteroatoms. The molecule has 0 N–H and O–H groups in total. The van der Waals surface area contributed by atoms with Crippen molar-refractivity contribution in [3.8, 4) is 17.6 Å². The smallest absolute Gasteiger partial charge is 0.162 e. The van der Waals surface area contributed by atoms with Crippen molar-refractivity contribution in [3.05, 3.63) is 29.3 Å². The molecular formula is C14H16F2O. The van der Waals surface area contributed by atoms with Crippen LogP contribution in [0.4, 0.5) is 8.78 Å². The molecule has 17 heavy (non-hydrogen) atoms. The number of hydrogen-bond donors (Lipinski definition) is 0. The molecule has 0 aliphatic heterocycles. The number of ether oxygens (including phenoxy) is 1. The highest BCUT2D eigenvalue weighted by molar-refractivity contribution is 5.33. The summed E-state index contributed by atoms with van der Waals surface area (Å²) in [5.74, 6) is 4.39. The Morgan fingerprint density at radius 1 is 1.18 bits per heavy atom. The molecule has 0 aliphatic rings. The first kappa shape index (κ1) is 13.5. The summed E-state index contributed by atoms with van der Waals surface area (Å²) >= 11 is 0. The lowest BCUT2D eigenvalue weighted by Crippen LogP contribution is -2.02. The van der Waals surface area contributed by atoms with Crippen molar-refractivity contribution < 1.29 is 13.5 Å². The number of rotatable bonds is 2. The van der Waals surface area contributed by atoms with E-state index in [9.17, 15) is 8.78 Å². The summed E-state index contributed by atoms with van der Waals surface area (Å²) in [6, 6.07) is 2.16. The Hall–Kier alpha value is -1.56. The van der Waals surface area contributed by atoms with Crippen molar-refractivity contribution in [2.24, 2.45) is 5.41 Å².